The summed E-state index contributed by atoms with van der Waals surface area (Å²) in [7, 11) is -4.24. The molecule has 0 aromatic heterocycles. The van der Waals surface area contributed by atoms with Crippen LogP contribution in [-0.4, -0.2) is 83.6 Å². The maximum Gasteiger partial charge on any atom is 0.243 e. The first-order chi connectivity index (χ1) is 21.3. The number of carbonyl (C=O) groups is 3. The summed E-state index contributed by atoms with van der Waals surface area (Å²) in [5.41, 5.74) is 0.00968. The van der Waals surface area contributed by atoms with Crippen LogP contribution in [0.1, 0.15) is 60.5 Å². The molecule has 0 spiro atoms. The Hall–Kier alpha value is -3.68. The molecule has 256 valence electrons. The first kappa shape index (κ1) is 38.5. The van der Waals surface area contributed by atoms with Gasteiger partial charge in [0.25, 0.3) is 0 Å². The molecule has 13 heteroatoms. The molecule has 46 heavy (non-hydrogen) atoms. The standard InChI is InChI=1S/C33H50N4O8S/c1-21(2)15-29(41)34-18-30(42)36-31(33(5,6)7)32(43)35-25(16-23-11-9-8-10-12-23)28(40)20-37(19-22(3)4)46(44,45)24-13-14-26(38)27(39)17-24/h8-14,17,21-22,25,28,31,38-40H,15-16,18-20H2,1-7H3,(H,34,41)(H,35,43)(H,36,42)/t25-,28+,31+/m0/s1. The lowest BCUT2D eigenvalue weighted by Gasteiger charge is -2.34. The molecular formula is C33H50N4O8S. The molecule has 0 fully saturated rings. The Kier molecular flexibility index (Phi) is 14.0. The van der Waals surface area contributed by atoms with Crippen LogP contribution >= 0.6 is 0 Å². The van der Waals surface area contributed by atoms with Gasteiger partial charge in [0.2, 0.25) is 27.7 Å². The maximum absolute atomic E-state index is 13.8. The Morgan fingerprint density at radius 2 is 1.48 bits per heavy atom. The highest BCUT2D eigenvalue weighted by molar-refractivity contribution is 7.89. The van der Waals surface area contributed by atoms with Gasteiger partial charge in [0.05, 0.1) is 23.6 Å². The van der Waals surface area contributed by atoms with E-state index in [-0.39, 0.29) is 48.6 Å². The largest absolute Gasteiger partial charge is 0.504 e. The second-order valence-corrected chi connectivity index (χ2v) is 15.4. The van der Waals surface area contributed by atoms with Crippen molar-refractivity contribution >= 4 is 27.7 Å². The van der Waals surface area contributed by atoms with Gasteiger partial charge in [-0.2, -0.15) is 4.31 Å². The number of phenolic OH excluding ortho intramolecular Hbond substituents is 2. The fourth-order valence-electron chi connectivity index (χ4n) is 4.75. The molecule has 0 heterocycles. The first-order valence-corrected chi connectivity index (χ1v) is 16.9. The minimum absolute atomic E-state index is 0.0240. The topological polar surface area (TPSA) is 185 Å². The van der Waals surface area contributed by atoms with E-state index >= 15 is 0 Å². The fourth-order valence-corrected chi connectivity index (χ4v) is 6.40. The summed E-state index contributed by atoms with van der Waals surface area (Å²) in [6.45, 7) is 12.0. The lowest BCUT2D eigenvalue weighted by atomic mass is 9.85. The zero-order valence-electron chi connectivity index (χ0n) is 27.8. The highest BCUT2D eigenvalue weighted by Crippen LogP contribution is 2.29. The molecule has 6 N–H and O–H groups in total. The molecule has 3 atom stereocenters. The van der Waals surface area contributed by atoms with E-state index in [9.17, 15) is 38.1 Å². The van der Waals surface area contributed by atoms with Crippen molar-refractivity contribution in [1.29, 1.82) is 0 Å². The number of phenols is 2. The SMILES string of the molecule is CC(C)CC(=O)NCC(=O)N[C@H](C(=O)N[C@@H](Cc1ccccc1)[C@H](O)CN(CC(C)C)S(=O)(=O)c1ccc(O)c(O)c1)C(C)(C)C. The molecule has 0 saturated heterocycles. The molecule has 0 saturated carbocycles. The maximum atomic E-state index is 13.8. The zero-order valence-corrected chi connectivity index (χ0v) is 28.6. The van der Waals surface area contributed by atoms with E-state index in [1.165, 1.54) is 0 Å². The predicted molar refractivity (Wildman–Crippen MR) is 175 cm³/mol. The average molecular weight is 663 g/mol. The van der Waals surface area contributed by atoms with E-state index in [0.717, 1.165) is 28.1 Å². The Morgan fingerprint density at radius 1 is 0.848 bits per heavy atom. The number of sulfonamides is 1. The van der Waals surface area contributed by atoms with Crippen molar-refractivity contribution in [2.24, 2.45) is 17.3 Å². The third kappa shape index (κ3) is 11.9. The summed E-state index contributed by atoms with van der Waals surface area (Å²) in [5.74, 6) is -2.53. The molecule has 0 aliphatic heterocycles. The Balaban J connectivity index is 2.36. The van der Waals surface area contributed by atoms with E-state index in [1.54, 1.807) is 32.9 Å². The number of amides is 3. The summed E-state index contributed by atoms with van der Waals surface area (Å²) >= 11 is 0. The van der Waals surface area contributed by atoms with Crippen LogP contribution in [0.5, 0.6) is 11.5 Å². The number of benzene rings is 2. The Morgan fingerprint density at radius 3 is 2.02 bits per heavy atom. The molecule has 0 radical (unpaired) electrons. The molecule has 2 aromatic carbocycles. The molecule has 0 unspecified atom stereocenters. The summed E-state index contributed by atoms with van der Waals surface area (Å²) in [6, 6.07) is 10.2. The monoisotopic (exact) mass is 662 g/mol. The highest BCUT2D eigenvalue weighted by Gasteiger charge is 2.37. The molecular weight excluding hydrogens is 612 g/mol. The summed E-state index contributed by atoms with van der Waals surface area (Å²) in [6.07, 6.45) is -0.984. The van der Waals surface area contributed by atoms with E-state index in [0.29, 0.717) is 0 Å². The van der Waals surface area contributed by atoms with Gasteiger partial charge in [-0.3, -0.25) is 14.4 Å². The zero-order chi connectivity index (χ0) is 34.8. The lowest BCUT2D eigenvalue weighted by molar-refractivity contribution is -0.133. The molecule has 0 aliphatic rings. The van der Waals surface area contributed by atoms with Gasteiger partial charge in [0.1, 0.15) is 6.04 Å². The van der Waals surface area contributed by atoms with E-state index < -0.39 is 63.5 Å². The molecule has 3 amide bonds. The van der Waals surface area contributed by atoms with Gasteiger partial charge in [-0.05, 0) is 41.4 Å². The highest BCUT2D eigenvalue weighted by atomic mass is 32.2. The van der Waals surface area contributed by atoms with Crippen LogP contribution in [0.2, 0.25) is 0 Å². The number of aromatic hydroxyl groups is 2. The number of nitrogens with zero attached hydrogens (tertiary/aromatic N) is 1. The molecule has 2 aromatic rings. The number of hydrogen-bond acceptors (Lipinski definition) is 8. The van der Waals surface area contributed by atoms with Gasteiger partial charge >= 0.3 is 0 Å². The Labute approximate surface area is 272 Å². The van der Waals surface area contributed by atoms with Crippen LogP contribution in [0.15, 0.2) is 53.4 Å². The van der Waals surface area contributed by atoms with E-state index in [4.69, 9.17) is 0 Å². The second-order valence-electron chi connectivity index (χ2n) is 13.5. The van der Waals surface area contributed by atoms with Crippen molar-refractivity contribution < 1.29 is 38.1 Å². The third-order valence-corrected chi connectivity index (χ3v) is 8.94. The summed E-state index contributed by atoms with van der Waals surface area (Å²) in [5, 5.41) is 39.3. The van der Waals surface area contributed by atoms with Crippen molar-refractivity contribution in [3.05, 3.63) is 54.1 Å². The van der Waals surface area contributed by atoms with Crippen LogP contribution in [0.3, 0.4) is 0 Å². The van der Waals surface area contributed by atoms with Crippen molar-refractivity contribution in [2.75, 3.05) is 19.6 Å². The minimum Gasteiger partial charge on any atom is -0.504 e. The smallest absolute Gasteiger partial charge is 0.243 e. The molecule has 12 nitrogen and oxygen atoms in total. The second kappa shape index (κ2) is 16.8. The summed E-state index contributed by atoms with van der Waals surface area (Å²) in [4.78, 5) is 38.3. The van der Waals surface area contributed by atoms with Gasteiger partial charge in [0.15, 0.2) is 11.5 Å². The van der Waals surface area contributed by atoms with Crippen LogP contribution in [0, 0.1) is 17.3 Å². The number of aliphatic hydroxyl groups excluding tert-OH is 1. The average Bonchev–Trinajstić information content (AvgIpc) is 2.94. The van der Waals surface area contributed by atoms with Crippen LogP contribution in [0.25, 0.3) is 0 Å². The van der Waals surface area contributed by atoms with Gasteiger partial charge < -0.3 is 31.3 Å². The number of nitrogens with one attached hydrogen (secondary N) is 3. The number of carbonyl (C=O) groups excluding carboxylic acids is 3. The van der Waals surface area contributed by atoms with Crippen molar-refractivity contribution in [1.82, 2.24) is 20.3 Å². The van der Waals surface area contributed by atoms with Crippen molar-refractivity contribution in [3.8, 4) is 11.5 Å². The molecule has 0 bridgehead atoms. The van der Waals surface area contributed by atoms with Gasteiger partial charge in [-0.15, -0.1) is 0 Å². The quantitative estimate of drug-likeness (QED) is 0.148. The van der Waals surface area contributed by atoms with Crippen LogP contribution in [0.4, 0.5) is 0 Å². The van der Waals surface area contributed by atoms with Gasteiger partial charge in [0, 0.05) is 25.6 Å². The van der Waals surface area contributed by atoms with Gasteiger partial charge in [-0.1, -0.05) is 78.8 Å². The normalized spacial score (nSPS) is 14.2. The van der Waals surface area contributed by atoms with Crippen molar-refractivity contribution in [3.63, 3.8) is 0 Å². The third-order valence-electron chi connectivity index (χ3n) is 7.11. The van der Waals surface area contributed by atoms with E-state index in [2.05, 4.69) is 16.0 Å². The fraction of sp³-hybridized carbons (Fsp3) is 0.545. The number of hydrogen-bond donors (Lipinski definition) is 6. The summed E-state index contributed by atoms with van der Waals surface area (Å²) < 4.78 is 28.4. The van der Waals surface area contributed by atoms with Gasteiger partial charge in [-0.25, -0.2) is 8.42 Å². The lowest BCUT2D eigenvalue weighted by Crippen LogP contribution is -2.59. The number of aliphatic hydroxyl groups is 1. The molecule has 0 aliphatic carbocycles. The van der Waals surface area contributed by atoms with Crippen LogP contribution in [-0.2, 0) is 30.8 Å². The van der Waals surface area contributed by atoms with Crippen molar-refractivity contribution in [2.45, 2.75) is 84.4 Å². The van der Waals surface area contributed by atoms with Crippen LogP contribution < -0.4 is 16.0 Å². The first-order valence-electron chi connectivity index (χ1n) is 15.4. The number of rotatable bonds is 16. The van der Waals surface area contributed by atoms with E-state index in [1.807, 2.05) is 45.9 Å². The molecule has 2 rings (SSSR count). The minimum atomic E-state index is -4.24. The predicted octanol–water partition coefficient (Wildman–Crippen LogP) is 2.53. The Bertz CT molecular complexity index is 1420.